The molecule has 100 valence electrons. The first-order valence-electron chi connectivity index (χ1n) is 5.97. The van der Waals surface area contributed by atoms with Gasteiger partial charge in [0.25, 0.3) is 0 Å². The number of hydrogen-bond donors (Lipinski definition) is 1. The van der Waals surface area contributed by atoms with Crippen molar-refractivity contribution in [2.45, 2.75) is 23.8 Å². The molecule has 1 N–H and O–H groups in total. The van der Waals surface area contributed by atoms with Crippen molar-refractivity contribution < 1.29 is 12.8 Å². The van der Waals surface area contributed by atoms with Gasteiger partial charge in [-0.3, -0.25) is 0 Å². The van der Waals surface area contributed by atoms with Gasteiger partial charge < -0.3 is 5.32 Å². The molecule has 1 saturated heterocycles. The number of halogens is 1. The summed E-state index contributed by atoms with van der Waals surface area (Å²) in [4.78, 5) is 0.0271. The van der Waals surface area contributed by atoms with Crippen molar-refractivity contribution in [3.05, 3.63) is 30.1 Å². The van der Waals surface area contributed by atoms with Crippen molar-refractivity contribution in [2.75, 3.05) is 20.1 Å². The Balaban J connectivity index is 2.25. The van der Waals surface area contributed by atoms with E-state index < -0.39 is 15.8 Å². The summed E-state index contributed by atoms with van der Waals surface area (Å²) in [6.45, 7) is 0.937. The van der Waals surface area contributed by atoms with Crippen molar-refractivity contribution in [3.63, 3.8) is 0 Å². The lowest BCUT2D eigenvalue weighted by Gasteiger charge is -2.31. The van der Waals surface area contributed by atoms with Crippen LogP contribution in [0.5, 0.6) is 0 Å². The highest BCUT2D eigenvalue weighted by Gasteiger charge is 2.29. The summed E-state index contributed by atoms with van der Waals surface area (Å²) in [6, 6.07) is 5.33. The largest absolute Gasteiger partial charge is 0.316 e. The number of hydrogen-bond acceptors (Lipinski definition) is 3. The van der Waals surface area contributed by atoms with Crippen LogP contribution in [0.4, 0.5) is 4.39 Å². The van der Waals surface area contributed by atoms with Crippen LogP contribution in [0.25, 0.3) is 0 Å². The molecule has 0 aromatic heterocycles. The van der Waals surface area contributed by atoms with Crippen molar-refractivity contribution in [3.8, 4) is 0 Å². The van der Waals surface area contributed by atoms with Gasteiger partial charge in [-0.05, 0) is 38.1 Å². The van der Waals surface area contributed by atoms with Gasteiger partial charge in [-0.15, -0.1) is 0 Å². The van der Waals surface area contributed by atoms with Crippen LogP contribution in [0.2, 0.25) is 0 Å². The number of benzene rings is 1. The number of likely N-dealkylation sites (N-methyl/N-ethyl adjacent to an activating group) is 1. The Bertz CT molecular complexity index is 519. The fraction of sp³-hybridized carbons (Fsp3) is 0.500. The van der Waals surface area contributed by atoms with Gasteiger partial charge >= 0.3 is 0 Å². The van der Waals surface area contributed by atoms with E-state index >= 15 is 0 Å². The van der Waals surface area contributed by atoms with Crippen LogP contribution >= 0.6 is 0 Å². The van der Waals surface area contributed by atoms with Crippen LogP contribution in [0.3, 0.4) is 0 Å². The lowest BCUT2D eigenvalue weighted by Crippen LogP contribution is -2.46. The maximum Gasteiger partial charge on any atom is 0.243 e. The molecule has 1 aromatic carbocycles. The van der Waals surface area contributed by atoms with Crippen molar-refractivity contribution in [2.24, 2.45) is 0 Å². The average Bonchev–Trinajstić information content (AvgIpc) is 2.39. The Morgan fingerprint density at radius 1 is 1.44 bits per heavy atom. The van der Waals surface area contributed by atoms with Gasteiger partial charge in [-0.1, -0.05) is 6.07 Å². The van der Waals surface area contributed by atoms with Crippen LogP contribution in [-0.4, -0.2) is 38.9 Å². The summed E-state index contributed by atoms with van der Waals surface area (Å²) < 4.78 is 39.2. The number of piperidine rings is 1. The summed E-state index contributed by atoms with van der Waals surface area (Å²) in [5.74, 6) is -0.529. The predicted molar refractivity (Wildman–Crippen MR) is 67.2 cm³/mol. The van der Waals surface area contributed by atoms with Gasteiger partial charge in [0.1, 0.15) is 5.82 Å². The molecule has 0 bridgehead atoms. The van der Waals surface area contributed by atoms with Crippen LogP contribution in [-0.2, 0) is 10.0 Å². The molecule has 0 amide bonds. The fourth-order valence-electron chi connectivity index (χ4n) is 2.17. The monoisotopic (exact) mass is 272 g/mol. The molecule has 0 spiro atoms. The van der Waals surface area contributed by atoms with Crippen LogP contribution < -0.4 is 5.32 Å². The standard InChI is InChI=1S/C12H17FN2O2S/c1-14-11-5-3-7-15(9-11)18(16,17)12-6-2-4-10(13)8-12/h2,4,6,8,11,14H,3,5,7,9H2,1H3/t11-/m0/s1. The second kappa shape index (κ2) is 5.34. The molecule has 1 fully saturated rings. The molecule has 18 heavy (non-hydrogen) atoms. The van der Waals surface area contributed by atoms with Gasteiger partial charge in [0.2, 0.25) is 10.0 Å². The number of nitrogens with one attached hydrogen (secondary N) is 1. The molecule has 0 radical (unpaired) electrons. The van der Waals surface area contributed by atoms with E-state index in [0.29, 0.717) is 13.1 Å². The molecule has 4 nitrogen and oxygen atoms in total. The van der Waals surface area contributed by atoms with Crippen LogP contribution in [0.1, 0.15) is 12.8 Å². The normalized spacial score (nSPS) is 22.0. The van der Waals surface area contributed by atoms with Gasteiger partial charge in [0, 0.05) is 19.1 Å². The van der Waals surface area contributed by atoms with E-state index in [1.54, 1.807) is 0 Å². The first-order chi connectivity index (χ1) is 8.54. The molecule has 1 aromatic rings. The smallest absolute Gasteiger partial charge is 0.243 e. The molecule has 1 heterocycles. The van der Waals surface area contributed by atoms with E-state index in [0.717, 1.165) is 18.9 Å². The first-order valence-corrected chi connectivity index (χ1v) is 7.41. The molecular formula is C12H17FN2O2S. The SMILES string of the molecule is CN[C@H]1CCCN(S(=O)(=O)c2cccc(F)c2)C1. The quantitative estimate of drug-likeness (QED) is 0.899. The van der Waals surface area contributed by atoms with Crippen LogP contribution in [0.15, 0.2) is 29.2 Å². The molecule has 0 unspecified atom stereocenters. The van der Waals surface area contributed by atoms with E-state index in [4.69, 9.17) is 0 Å². The summed E-state index contributed by atoms with van der Waals surface area (Å²) in [6.07, 6.45) is 1.78. The van der Waals surface area contributed by atoms with Gasteiger partial charge in [0.15, 0.2) is 0 Å². The zero-order valence-electron chi connectivity index (χ0n) is 10.3. The Hall–Kier alpha value is -0.980. The van der Waals surface area contributed by atoms with Crippen molar-refractivity contribution in [1.29, 1.82) is 0 Å². The second-order valence-corrected chi connectivity index (χ2v) is 6.39. The highest BCUT2D eigenvalue weighted by atomic mass is 32.2. The first kappa shape index (κ1) is 13.5. The Morgan fingerprint density at radius 2 is 2.22 bits per heavy atom. The minimum Gasteiger partial charge on any atom is -0.316 e. The summed E-state index contributed by atoms with van der Waals surface area (Å²) in [5, 5.41) is 3.09. The van der Waals surface area contributed by atoms with E-state index in [9.17, 15) is 12.8 Å². The highest BCUT2D eigenvalue weighted by molar-refractivity contribution is 7.89. The zero-order valence-corrected chi connectivity index (χ0v) is 11.1. The number of sulfonamides is 1. The Kier molecular flexibility index (Phi) is 3.99. The minimum atomic E-state index is -3.57. The lowest BCUT2D eigenvalue weighted by molar-refractivity contribution is 0.293. The highest BCUT2D eigenvalue weighted by Crippen LogP contribution is 2.21. The number of rotatable bonds is 3. The van der Waals surface area contributed by atoms with E-state index in [1.165, 1.54) is 22.5 Å². The summed E-state index contributed by atoms with van der Waals surface area (Å²) >= 11 is 0. The van der Waals surface area contributed by atoms with Crippen molar-refractivity contribution >= 4 is 10.0 Å². The zero-order chi connectivity index (χ0) is 13.2. The Labute approximate surface area is 107 Å². The molecular weight excluding hydrogens is 255 g/mol. The van der Waals surface area contributed by atoms with E-state index in [-0.39, 0.29) is 10.9 Å². The number of nitrogens with zero attached hydrogens (tertiary/aromatic N) is 1. The molecule has 0 aliphatic carbocycles. The third-order valence-corrected chi connectivity index (χ3v) is 5.09. The summed E-state index contributed by atoms with van der Waals surface area (Å²) in [7, 11) is -1.75. The van der Waals surface area contributed by atoms with E-state index in [2.05, 4.69) is 5.32 Å². The molecule has 6 heteroatoms. The minimum absolute atomic E-state index is 0.0271. The lowest BCUT2D eigenvalue weighted by atomic mass is 10.1. The van der Waals surface area contributed by atoms with Gasteiger partial charge in [-0.25, -0.2) is 12.8 Å². The second-order valence-electron chi connectivity index (χ2n) is 4.45. The Morgan fingerprint density at radius 3 is 2.89 bits per heavy atom. The third-order valence-electron chi connectivity index (χ3n) is 3.23. The maximum absolute atomic E-state index is 13.1. The molecule has 1 aliphatic heterocycles. The van der Waals surface area contributed by atoms with Crippen LogP contribution in [0, 0.1) is 5.82 Å². The molecule has 0 saturated carbocycles. The predicted octanol–water partition coefficient (Wildman–Crippen LogP) is 1.20. The third kappa shape index (κ3) is 2.71. The average molecular weight is 272 g/mol. The van der Waals surface area contributed by atoms with Gasteiger partial charge in [0.05, 0.1) is 4.90 Å². The topological polar surface area (TPSA) is 49.4 Å². The van der Waals surface area contributed by atoms with Crippen molar-refractivity contribution in [1.82, 2.24) is 9.62 Å². The molecule has 1 aliphatic rings. The van der Waals surface area contributed by atoms with E-state index in [1.807, 2.05) is 7.05 Å². The molecule has 2 rings (SSSR count). The molecule has 1 atom stereocenters. The maximum atomic E-state index is 13.1. The van der Waals surface area contributed by atoms with Gasteiger partial charge in [-0.2, -0.15) is 4.31 Å². The fourth-order valence-corrected chi connectivity index (χ4v) is 3.73. The summed E-state index contributed by atoms with van der Waals surface area (Å²) in [5.41, 5.74) is 0.